The van der Waals surface area contributed by atoms with E-state index in [1.165, 1.54) is 24.3 Å². The quantitative estimate of drug-likeness (QED) is 0.611. The van der Waals surface area contributed by atoms with E-state index >= 15 is 0 Å². The highest BCUT2D eigenvalue weighted by atomic mass is 35.5. The fourth-order valence-corrected chi connectivity index (χ4v) is 3.97. The Bertz CT molecular complexity index is 908. The third-order valence-corrected chi connectivity index (χ3v) is 5.06. The van der Waals surface area contributed by atoms with Crippen molar-refractivity contribution >= 4 is 43.4 Å². The zero-order chi connectivity index (χ0) is 19.5. The molecule has 6 nitrogen and oxygen atoms in total. The van der Waals surface area contributed by atoms with Gasteiger partial charge in [-0.05, 0) is 12.1 Å². The first-order valence-electron chi connectivity index (χ1n) is 7.23. The standard InChI is InChI=1S/C16H16Cl2O6S2/c1-25(19,20)23-15(11-7-3-5-9-13(11)17)16(24-26(2,21)22)12-8-4-6-10-14(12)18/h3-10,15-16H,1-2H3/t15-,16?/m0/s1. The first-order chi connectivity index (χ1) is 12.0. The zero-order valence-electron chi connectivity index (χ0n) is 13.8. The highest BCUT2D eigenvalue weighted by Crippen LogP contribution is 2.42. The summed E-state index contributed by atoms with van der Waals surface area (Å²) in [5, 5.41) is 0.380. The van der Waals surface area contributed by atoms with Crippen LogP contribution in [0, 0.1) is 0 Å². The van der Waals surface area contributed by atoms with Gasteiger partial charge < -0.3 is 0 Å². The Labute approximate surface area is 162 Å². The van der Waals surface area contributed by atoms with Crippen LogP contribution in [0.3, 0.4) is 0 Å². The van der Waals surface area contributed by atoms with Crippen LogP contribution in [0.25, 0.3) is 0 Å². The minimum absolute atomic E-state index is 0.190. The van der Waals surface area contributed by atoms with Crippen molar-refractivity contribution in [3.63, 3.8) is 0 Å². The van der Waals surface area contributed by atoms with E-state index in [-0.39, 0.29) is 21.2 Å². The molecule has 0 amide bonds. The maximum atomic E-state index is 11.8. The summed E-state index contributed by atoms with van der Waals surface area (Å²) < 4.78 is 57.6. The van der Waals surface area contributed by atoms with Crippen molar-refractivity contribution in [2.45, 2.75) is 12.2 Å². The Morgan fingerprint density at radius 1 is 0.692 bits per heavy atom. The molecule has 0 heterocycles. The molecule has 0 fully saturated rings. The highest BCUT2D eigenvalue weighted by Gasteiger charge is 2.35. The van der Waals surface area contributed by atoms with Gasteiger partial charge in [-0.15, -0.1) is 0 Å². The molecule has 0 saturated carbocycles. The monoisotopic (exact) mass is 438 g/mol. The van der Waals surface area contributed by atoms with Crippen molar-refractivity contribution in [2.75, 3.05) is 12.5 Å². The Balaban J connectivity index is 2.69. The molecule has 2 aromatic carbocycles. The van der Waals surface area contributed by atoms with Gasteiger partial charge in [0.1, 0.15) is 12.2 Å². The lowest BCUT2D eigenvalue weighted by atomic mass is 9.98. The molecule has 142 valence electrons. The fourth-order valence-electron chi connectivity index (χ4n) is 2.32. The normalized spacial score (nSPS) is 14.8. The summed E-state index contributed by atoms with van der Waals surface area (Å²) in [5.74, 6) is 0. The van der Waals surface area contributed by atoms with Gasteiger partial charge in [0.05, 0.1) is 12.5 Å². The van der Waals surface area contributed by atoms with Crippen molar-refractivity contribution < 1.29 is 25.2 Å². The maximum absolute atomic E-state index is 11.8. The van der Waals surface area contributed by atoms with Gasteiger partial charge in [0, 0.05) is 21.2 Å². The average Bonchev–Trinajstić information content (AvgIpc) is 2.50. The van der Waals surface area contributed by atoms with E-state index in [0.717, 1.165) is 12.5 Å². The number of benzene rings is 2. The van der Waals surface area contributed by atoms with Gasteiger partial charge in [-0.2, -0.15) is 16.8 Å². The third kappa shape index (κ3) is 5.94. The number of hydrogen-bond acceptors (Lipinski definition) is 6. The van der Waals surface area contributed by atoms with Gasteiger partial charge in [-0.1, -0.05) is 59.6 Å². The maximum Gasteiger partial charge on any atom is 0.265 e. The summed E-state index contributed by atoms with van der Waals surface area (Å²) in [6, 6.07) is 12.6. The summed E-state index contributed by atoms with van der Waals surface area (Å²) in [5.41, 5.74) is 0.487. The molecule has 0 spiro atoms. The molecule has 26 heavy (non-hydrogen) atoms. The van der Waals surface area contributed by atoms with E-state index in [1.54, 1.807) is 24.3 Å². The molecule has 2 rings (SSSR count). The van der Waals surface area contributed by atoms with Crippen molar-refractivity contribution in [1.29, 1.82) is 0 Å². The molecule has 0 aliphatic heterocycles. The minimum atomic E-state index is -3.99. The number of hydrogen-bond donors (Lipinski definition) is 0. The molecule has 0 saturated heterocycles. The van der Waals surface area contributed by atoms with E-state index in [4.69, 9.17) is 31.6 Å². The van der Waals surface area contributed by atoms with Crippen LogP contribution < -0.4 is 0 Å². The van der Waals surface area contributed by atoms with Crippen molar-refractivity contribution in [3.05, 3.63) is 69.7 Å². The fraction of sp³-hybridized carbons (Fsp3) is 0.250. The van der Waals surface area contributed by atoms with Crippen molar-refractivity contribution in [2.24, 2.45) is 0 Å². The molecule has 10 heteroatoms. The van der Waals surface area contributed by atoms with E-state index < -0.39 is 32.4 Å². The van der Waals surface area contributed by atoms with Crippen LogP contribution in [-0.4, -0.2) is 29.3 Å². The summed E-state index contributed by atoms with van der Waals surface area (Å²) in [6.07, 6.45) is -1.04. The van der Waals surface area contributed by atoms with Crippen LogP contribution >= 0.6 is 23.2 Å². The molecule has 0 bridgehead atoms. The molecule has 0 N–H and O–H groups in total. The molecule has 0 aliphatic rings. The summed E-state index contributed by atoms with van der Waals surface area (Å²) in [4.78, 5) is 0. The SMILES string of the molecule is CS(=O)(=O)OC(c1ccccc1Cl)[C@@H](OS(C)(=O)=O)c1ccccc1Cl. The topological polar surface area (TPSA) is 86.7 Å². The number of rotatable bonds is 7. The molecule has 0 radical (unpaired) electrons. The van der Waals surface area contributed by atoms with Crippen LogP contribution in [0.1, 0.15) is 23.3 Å². The largest absolute Gasteiger partial charge is 0.265 e. The second-order valence-electron chi connectivity index (χ2n) is 5.48. The molecular weight excluding hydrogens is 423 g/mol. The van der Waals surface area contributed by atoms with Gasteiger partial charge in [-0.25, -0.2) is 0 Å². The van der Waals surface area contributed by atoms with Gasteiger partial charge >= 0.3 is 0 Å². The lowest BCUT2D eigenvalue weighted by molar-refractivity contribution is 0.0632. The van der Waals surface area contributed by atoms with Crippen LogP contribution in [-0.2, 0) is 28.6 Å². The predicted molar refractivity (Wildman–Crippen MR) is 100 cm³/mol. The number of halogens is 2. The van der Waals surface area contributed by atoms with Crippen LogP contribution in [0.4, 0.5) is 0 Å². The molecule has 1 unspecified atom stereocenters. The van der Waals surface area contributed by atoms with E-state index in [0.29, 0.717) is 0 Å². The van der Waals surface area contributed by atoms with E-state index in [9.17, 15) is 16.8 Å². The molecule has 0 aromatic heterocycles. The van der Waals surface area contributed by atoms with E-state index in [2.05, 4.69) is 0 Å². The Kier molecular flexibility index (Phi) is 6.70. The lowest BCUT2D eigenvalue weighted by Crippen LogP contribution is -2.23. The van der Waals surface area contributed by atoms with Gasteiger partial charge in [0.25, 0.3) is 20.2 Å². The van der Waals surface area contributed by atoms with E-state index in [1.807, 2.05) is 0 Å². The highest BCUT2D eigenvalue weighted by molar-refractivity contribution is 7.86. The minimum Gasteiger partial charge on any atom is -0.259 e. The lowest BCUT2D eigenvalue weighted by Gasteiger charge is -2.27. The summed E-state index contributed by atoms with van der Waals surface area (Å²) >= 11 is 12.4. The second kappa shape index (κ2) is 8.24. The first-order valence-corrected chi connectivity index (χ1v) is 11.6. The van der Waals surface area contributed by atoms with Gasteiger partial charge in [-0.3, -0.25) is 8.37 Å². The zero-order valence-corrected chi connectivity index (χ0v) is 16.9. The van der Waals surface area contributed by atoms with Crippen molar-refractivity contribution in [3.8, 4) is 0 Å². The van der Waals surface area contributed by atoms with Crippen molar-refractivity contribution in [1.82, 2.24) is 0 Å². The second-order valence-corrected chi connectivity index (χ2v) is 9.50. The van der Waals surface area contributed by atoms with Gasteiger partial charge in [0.15, 0.2) is 0 Å². The van der Waals surface area contributed by atoms with Gasteiger partial charge in [0.2, 0.25) is 0 Å². The summed E-state index contributed by atoms with van der Waals surface area (Å²) in [7, 11) is -7.97. The molecular formula is C16H16Cl2O6S2. The Morgan fingerprint density at radius 2 is 1.00 bits per heavy atom. The average molecular weight is 439 g/mol. The molecule has 2 atom stereocenters. The summed E-state index contributed by atoms with van der Waals surface area (Å²) in [6.45, 7) is 0. The molecule has 2 aromatic rings. The van der Waals surface area contributed by atoms with Crippen LogP contribution in [0.2, 0.25) is 10.0 Å². The van der Waals surface area contributed by atoms with Crippen LogP contribution in [0.5, 0.6) is 0 Å². The molecule has 0 aliphatic carbocycles. The van der Waals surface area contributed by atoms with Crippen LogP contribution in [0.15, 0.2) is 48.5 Å². The Hall–Kier alpha value is -1.16. The Morgan fingerprint density at radius 3 is 1.27 bits per heavy atom. The predicted octanol–water partition coefficient (Wildman–Crippen LogP) is 3.73. The first kappa shape index (κ1) is 21.1. The third-order valence-electron chi connectivity index (χ3n) is 3.26. The smallest absolute Gasteiger partial charge is 0.259 e.